The molecule has 0 saturated heterocycles. The largest absolute Gasteiger partial charge is 0.497 e. The van der Waals surface area contributed by atoms with E-state index >= 15 is 0 Å². The lowest BCUT2D eigenvalue weighted by Crippen LogP contribution is -2.05. The molecule has 0 amide bonds. The first-order valence-electron chi connectivity index (χ1n) is 9.17. The van der Waals surface area contributed by atoms with Crippen molar-refractivity contribution < 1.29 is 23.4 Å². The molecule has 146 valence electrons. The molecule has 0 spiro atoms. The molecule has 0 radical (unpaired) electrons. The van der Waals surface area contributed by atoms with E-state index in [1.165, 1.54) is 5.57 Å². The zero-order chi connectivity index (χ0) is 20.1. The molecule has 0 saturated carbocycles. The fraction of sp³-hybridized carbons (Fsp3) is 0.261. The number of carbonyl (C=O) groups excluding carboxylic acids is 1. The lowest BCUT2D eigenvalue weighted by atomic mass is 10.1. The van der Waals surface area contributed by atoms with Gasteiger partial charge in [0, 0.05) is 10.9 Å². The van der Waals surface area contributed by atoms with E-state index in [9.17, 15) is 4.79 Å². The average molecular weight is 380 g/mol. The molecule has 0 N–H and O–H groups in total. The summed E-state index contributed by atoms with van der Waals surface area (Å²) in [6, 6.07) is 12.8. The van der Waals surface area contributed by atoms with Gasteiger partial charge in [-0.25, -0.2) is 4.79 Å². The van der Waals surface area contributed by atoms with E-state index < -0.39 is 5.97 Å². The van der Waals surface area contributed by atoms with Crippen LogP contribution in [0.15, 0.2) is 58.5 Å². The van der Waals surface area contributed by atoms with Crippen molar-refractivity contribution in [3.8, 4) is 22.8 Å². The van der Waals surface area contributed by atoms with Crippen LogP contribution in [-0.4, -0.2) is 26.3 Å². The number of furan rings is 1. The number of methoxy groups -OCH3 is 1. The highest BCUT2D eigenvalue weighted by Gasteiger charge is 2.23. The van der Waals surface area contributed by atoms with Crippen LogP contribution in [0.3, 0.4) is 0 Å². The van der Waals surface area contributed by atoms with E-state index in [0.29, 0.717) is 34.6 Å². The molecule has 0 bridgehead atoms. The molecule has 1 heterocycles. The second-order valence-corrected chi connectivity index (χ2v) is 6.51. The van der Waals surface area contributed by atoms with Crippen LogP contribution in [0.1, 0.15) is 31.1 Å². The Balaban J connectivity index is 2.07. The van der Waals surface area contributed by atoms with Crippen molar-refractivity contribution in [3.63, 3.8) is 0 Å². The van der Waals surface area contributed by atoms with Gasteiger partial charge in [0.15, 0.2) is 0 Å². The summed E-state index contributed by atoms with van der Waals surface area (Å²) in [5.74, 6) is 1.44. The summed E-state index contributed by atoms with van der Waals surface area (Å²) in [5, 5.41) is 0.666. The normalized spacial score (nSPS) is 10.6. The van der Waals surface area contributed by atoms with E-state index in [2.05, 4.69) is 0 Å². The van der Waals surface area contributed by atoms with E-state index in [0.717, 1.165) is 11.3 Å². The maximum absolute atomic E-state index is 12.7. The molecule has 0 atom stereocenters. The van der Waals surface area contributed by atoms with Gasteiger partial charge in [0.1, 0.15) is 35.0 Å². The first kappa shape index (κ1) is 19.5. The molecule has 28 heavy (non-hydrogen) atoms. The molecule has 0 unspecified atom stereocenters. The second kappa shape index (κ2) is 8.65. The van der Waals surface area contributed by atoms with E-state index in [1.54, 1.807) is 14.0 Å². The van der Waals surface area contributed by atoms with E-state index in [-0.39, 0.29) is 6.61 Å². The van der Waals surface area contributed by atoms with Crippen molar-refractivity contribution in [3.05, 3.63) is 59.7 Å². The summed E-state index contributed by atoms with van der Waals surface area (Å²) in [4.78, 5) is 12.7. The molecular formula is C23H24O5. The standard InChI is InChI=1S/C23H24O5/c1-5-26-23(24)21-19-14-18(27-13-12-15(2)3)10-11-20(19)28-22(21)16-6-8-17(25-4)9-7-16/h6-12,14H,5,13H2,1-4H3. The molecular weight excluding hydrogens is 356 g/mol. The Morgan fingerprint density at radius 1 is 1.07 bits per heavy atom. The van der Waals surface area contributed by atoms with Gasteiger partial charge in [-0.15, -0.1) is 0 Å². The summed E-state index contributed by atoms with van der Waals surface area (Å²) < 4.78 is 22.3. The number of ether oxygens (including phenoxy) is 3. The molecule has 5 heteroatoms. The Kier molecular flexibility index (Phi) is 6.04. The highest BCUT2D eigenvalue weighted by atomic mass is 16.5. The van der Waals surface area contributed by atoms with Gasteiger partial charge in [0.05, 0.1) is 13.7 Å². The molecule has 0 aliphatic carbocycles. The molecule has 0 aliphatic rings. The number of rotatable bonds is 7. The zero-order valence-corrected chi connectivity index (χ0v) is 16.6. The minimum atomic E-state index is -0.423. The highest BCUT2D eigenvalue weighted by Crippen LogP contribution is 2.36. The summed E-state index contributed by atoms with van der Waals surface area (Å²) >= 11 is 0. The van der Waals surface area contributed by atoms with Crippen LogP contribution in [0, 0.1) is 0 Å². The lowest BCUT2D eigenvalue weighted by Gasteiger charge is -2.06. The molecule has 2 aromatic carbocycles. The fourth-order valence-corrected chi connectivity index (χ4v) is 2.82. The smallest absolute Gasteiger partial charge is 0.342 e. The molecule has 0 fully saturated rings. The van der Waals surface area contributed by atoms with Gasteiger partial charge in [-0.05, 0) is 69.3 Å². The van der Waals surface area contributed by atoms with Crippen LogP contribution >= 0.6 is 0 Å². The number of benzene rings is 2. The van der Waals surface area contributed by atoms with Crippen molar-refractivity contribution >= 4 is 16.9 Å². The maximum atomic E-state index is 12.7. The quantitative estimate of drug-likeness (QED) is 0.393. The first-order valence-corrected chi connectivity index (χ1v) is 9.17. The molecule has 3 rings (SSSR count). The highest BCUT2D eigenvalue weighted by molar-refractivity contribution is 6.09. The Morgan fingerprint density at radius 2 is 1.79 bits per heavy atom. The number of carbonyl (C=O) groups is 1. The van der Waals surface area contributed by atoms with Crippen LogP contribution in [0.4, 0.5) is 0 Å². The van der Waals surface area contributed by atoms with Crippen molar-refractivity contribution in [2.45, 2.75) is 20.8 Å². The summed E-state index contributed by atoms with van der Waals surface area (Å²) in [7, 11) is 1.61. The number of allylic oxidation sites excluding steroid dienone is 1. The molecule has 5 nitrogen and oxygen atoms in total. The van der Waals surface area contributed by atoms with Gasteiger partial charge in [0.25, 0.3) is 0 Å². The van der Waals surface area contributed by atoms with E-state index in [1.807, 2.05) is 62.4 Å². The van der Waals surface area contributed by atoms with Gasteiger partial charge in [-0.3, -0.25) is 0 Å². The Bertz CT molecular complexity index is 992. The Labute approximate surface area is 164 Å². The second-order valence-electron chi connectivity index (χ2n) is 6.51. The van der Waals surface area contributed by atoms with Crippen LogP contribution in [-0.2, 0) is 4.74 Å². The van der Waals surface area contributed by atoms with Gasteiger partial charge >= 0.3 is 5.97 Å². The van der Waals surface area contributed by atoms with Crippen LogP contribution in [0.2, 0.25) is 0 Å². The third-order valence-corrected chi connectivity index (χ3v) is 4.23. The van der Waals surface area contributed by atoms with Crippen LogP contribution in [0.25, 0.3) is 22.3 Å². The number of hydrogen-bond acceptors (Lipinski definition) is 5. The number of fused-ring (bicyclic) bond motifs is 1. The topological polar surface area (TPSA) is 57.9 Å². The first-order chi connectivity index (χ1) is 13.5. The third kappa shape index (κ3) is 4.19. The summed E-state index contributed by atoms with van der Waals surface area (Å²) in [6.07, 6.45) is 1.99. The fourth-order valence-electron chi connectivity index (χ4n) is 2.82. The van der Waals surface area contributed by atoms with Crippen molar-refractivity contribution in [2.75, 3.05) is 20.3 Å². The van der Waals surface area contributed by atoms with Crippen LogP contribution in [0.5, 0.6) is 11.5 Å². The monoisotopic (exact) mass is 380 g/mol. The van der Waals surface area contributed by atoms with Crippen molar-refractivity contribution in [1.82, 2.24) is 0 Å². The van der Waals surface area contributed by atoms with E-state index in [4.69, 9.17) is 18.6 Å². The van der Waals surface area contributed by atoms with Crippen molar-refractivity contribution in [1.29, 1.82) is 0 Å². The van der Waals surface area contributed by atoms with Crippen molar-refractivity contribution in [2.24, 2.45) is 0 Å². The third-order valence-electron chi connectivity index (χ3n) is 4.23. The maximum Gasteiger partial charge on any atom is 0.342 e. The predicted molar refractivity (Wildman–Crippen MR) is 109 cm³/mol. The number of esters is 1. The zero-order valence-electron chi connectivity index (χ0n) is 16.6. The predicted octanol–water partition coefficient (Wildman–Crippen LogP) is 5.63. The minimum absolute atomic E-state index is 0.282. The average Bonchev–Trinajstić information content (AvgIpc) is 3.07. The Morgan fingerprint density at radius 3 is 2.43 bits per heavy atom. The van der Waals surface area contributed by atoms with Gasteiger partial charge in [-0.2, -0.15) is 0 Å². The molecule has 3 aromatic rings. The molecule has 0 aliphatic heterocycles. The van der Waals surface area contributed by atoms with Gasteiger partial charge in [-0.1, -0.05) is 5.57 Å². The summed E-state index contributed by atoms with van der Waals surface area (Å²) in [5.41, 5.74) is 2.95. The van der Waals surface area contributed by atoms with Gasteiger partial charge < -0.3 is 18.6 Å². The summed E-state index contributed by atoms with van der Waals surface area (Å²) in [6.45, 7) is 6.56. The Hall–Kier alpha value is -3.21. The number of hydrogen-bond donors (Lipinski definition) is 0. The van der Waals surface area contributed by atoms with Gasteiger partial charge in [0.2, 0.25) is 0 Å². The van der Waals surface area contributed by atoms with Crippen LogP contribution < -0.4 is 9.47 Å². The SMILES string of the molecule is CCOC(=O)c1c(-c2ccc(OC)cc2)oc2ccc(OCC=C(C)C)cc12. The lowest BCUT2D eigenvalue weighted by molar-refractivity contribution is 0.0529. The minimum Gasteiger partial charge on any atom is -0.497 e. The molecule has 1 aromatic heterocycles.